The van der Waals surface area contributed by atoms with Gasteiger partial charge in [-0.1, -0.05) is 18.2 Å². The Labute approximate surface area is 204 Å². The molecule has 186 valence electrons. The van der Waals surface area contributed by atoms with E-state index in [2.05, 4.69) is 20.9 Å². The van der Waals surface area contributed by atoms with Crippen LogP contribution in [-0.4, -0.2) is 40.4 Å². The van der Waals surface area contributed by atoms with Crippen molar-refractivity contribution in [1.82, 2.24) is 20.2 Å². The third-order valence-corrected chi connectivity index (χ3v) is 5.65. The summed E-state index contributed by atoms with van der Waals surface area (Å²) in [5.41, 5.74) is -0.841. The molecule has 0 aliphatic heterocycles. The second kappa shape index (κ2) is 10.8. The maximum Gasteiger partial charge on any atom is 0.328 e. The number of hydrogen-bond donors (Lipinski definition) is 4. The Morgan fingerprint density at radius 2 is 1.61 bits per heavy atom. The standard InChI is InChI=1S/C25H24FN5O5/c26-20-4-2-1-3-17(20)14-31-24(35)19(13-29-25(31)36)23(34)28-12-11-27-21(32)15-7-9-18(10-8-15)30-22(33)16-5-6-16/h1-4,7-10,13,16H,5-6,11-12,14H2,(H,27,32)(H,28,34)(H,29,36)(H,30,33). The molecule has 3 amide bonds. The fourth-order valence-corrected chi connectivity index (χ4v) is 3.46. The first-order valence-electron chi connectivity index (χ1n) is 11.4. The van der Waals surface area contributed by atoms with Crippen LogP contribution in [0.15, 0.2) is 64.3 Å². The number of carbonyl (C=O) groups is 3. The Balaban J connectivity index is 1.29. The molecule has 0 spiro atoms. The average Bonchev–Trinajstić information content (AvgIpc) is 3.71. The normalized spacial score (nSPS) is 12.6. The van der Waals surface area contributed by atoms with Crippen LogP contribution in [0.25, 0.3) is 0 Å². The van der Waals surface area contributed by atoms with E-state index in [-0.39, 0.29) is 48.5 Å². The lowest BCUT2D eigenvalue weighted by Gasteiger charge is -2.10. The van der Waals surface area contributed by atoms with Crippen LogP contribution in [0.4, 0.5) is 10.1 Å². The van der Waals surface area contributed by atoms with E-state index < -0.39 is 23.0 Å². The minimum Gasteiger partial charge on any atom is -0.350 e. The van der Waals surface area contributed by atoms with Crippen LogP contribution in [-0.2, 0) is 11.3 Å². The second-order valence-electron chi connectivity index (χ2n) is 8.34. The van der Waals surface area contributed by atoms with Crippen molar-refractivity contribution in [2.75, 3.05) is 18.4 Å². The predicted molar refractivity (Wildman–Crippen MR) is 129 cm³/mol. The molecular formula is C25H24FN5O5. The van der Waals surface area contributed by atoms with Crippen molar-refractivity contribution in [2.45, 2.75) is 19.4 Å². The molecule has 0 bridgehead atoms. The first kappa shape index (κ1) is 24.6. The number of rotatable bonds is 9. The summed E-state index contributed by atoms with van der Waals surface area (Å²) in [5, 5.41) is 7.94. The number of nitrogens with zero attached hydrogens (tertiary/aromatic N) is 1. The molecule has 1 fully saturated rings. The third kappa shape index (κ3) is 5.93. The van der Waals surface area contributed by atoms with Gasteiger partial charge in [-0.25, -0.2) is 9.18 Å². The van der Waals surface area contributed by atoms with E-state index in [1.807, 2.05) is 0 Å². The predicted octanol–water partition coefficient (Wildman–Crippen LogP) is 1.23. The number of H-pyrrole nitrogens is 1. The number of anilines is 1. The quantitative estimate of drug-likeness (QED) is 0.332. The topological polar surface area (TPSA) is 142 Å². The zero-order valence-electron chi connectivity index (χ0n) is 19.2. The van der Waals surface area contributed by atoms with E-state index in [4.69, 9.17) is 0 Å². The first-order valence-corrected chi connectivity index (χ1v) is 11.4. The van der Waals surface area contributed by atoms with Crippen molar-refractivity contribution in [3.63, 3.8) is 0 Å². The van der Waals surface area contributed by atoms with Gasteiger partial charge in [0, 0.05) is 42.0 Å². The number of aromatic nitrogens is 2. The van der Waals surface area contributed by atoms with E-state index >= 15 is 0 Å². The zero-order chi connectivity index (χ0) is 25.7. The monoisotopic (exact) mass is 493 g/mol. The molecule has 1 aliphatic carbocycles. The molecule has 0 atom stereocenters. The zero-order valence-corrected chi connectivity index (χ0v) is 19.2. The van der Waals surface area contributed by atoms with Gasteiger partial charge in [0.15, 0.2) is 0 Å². The summed E-state index contributed by atoms with van der Waals surface area (Å²) >= 11 is 0. The van der Waals surface area contributed by atoms with Crippen LogP contribution in [0.3, 0.4) is 0 Å². The Kier molecular flexibility index (Phi) is 7.38. The van der Waals surface area contributed by atoms with Gasteiger partial charge in [-0.3, -0.25) is 23.7 Å². The van der Waals surface area contributed by atoms with Crippen molar-refractivity contribution >= 4 is 23.4 Å². The number of hydrogen-bond acceptors (Lipinski definition) is 5. The Hall–Kier alpha value is -4.54. The number of nitrogens with one attached hydrogen (secondary N) is 4. The highest BCUT2D eigenvalue weighted by atomic mass is 19.1. The lowest BCUT2D eigenvalue weighted by atomic mass is 10.2. The van der Waals surface area contributed by atoms with Gasteiger partial charge in [0.2, 0.25) is 5.91 Å². The summed E-state index contributed by atoms with van der Waals surface area (Å²) in [4.78, 5) is 63.7. The van der Waals surface area contributed by atoms with Gasteiger partial charge >= 0.3 is 5.69 Å². The number of benzene rings is 2. The number of halogens is 1. The molecule has 3 aromatic rings. The van der Waals surface area contributed by atoms with Gasteiger partial charge < -0.3 is 20.9 Å². The molecular weight excluding hydrogens is 469 g/mol. The average molecular weight is 493 g/mol. The summed E-state index contributed by atoms with van der Waals surface area (Å²) in [6.07, 6.45) is 2.80. The maximum absolute atomic E-state index is 13.9. The molecule has 4 rings (SSSR count). The van der Waals surface area contributed by atoms with Gasteiger partial charge in [0.05, 0.1) is 6.54 Å². The molecule has 1 aromatic heterocycles. The van der Waals surface area contributed by atoms with Gasteiger partial charge in [0.1, 0.15) is 11.4 Å². The molecule has 1 aliphatic rings. The fraction of sp³-hybridized carbons (Fsp3) is 0.240. The van der Waals surface area contributed by atoms with Crippen molar-refractivity contribution in [3.05, 3.63) is 98.1 Å². The number of aromatic amines is 1. The molecule has 0 unspecified atom stereocenters. The summed E-state index contributed by atoms with van der Waals surface area (Å²) in [6, 6.07) is 12.1. The Morgan fingerprint density at radius 3 is 2.28 bits per heavy atom. The molecule has 0 saturated heterocycles. The summed E-state index contributed by atoms with van der Waals surface area (Å²) in [6.45, 7) is -0.232. The Bertz CT molecular complexity index is 1410. The highest BCUT2D eigenvalue weighted by Gasteiger charge is 2.29. The van der Waals surface area contributed by atoms with E-state index in [1.165, 1.54) is 18.2 Å². The van der Waals surface area contributed by atoms with Crippen LogP contribution in [0.5, 0.6) is 0 Å². The van der Waals surface area contributed by atoms with Gasteiger partial charge in [-0.15, -0.1) is 0 Å². The van der Waals surface area contributed by atoms with Gasteiger partial charge in [-0.05, 0) is 43.2 Å². The minimum absolute atomic E-state index is 0.0198. The third-order valence-electron chi connectivity index (χ3n) is 5.65. The van der Waals surface area contributed by atoms with Crippen LogP contribution < -0.4 is 27.2 Å². The molecule has 10 nitrogen and oxygen atoms in total. The van der Waals surface area contributed by atoms with Crippen LogP contribution in [0.1, 0.15) is 39.1 Å². The van der Waals surface area contributed by atoms with Crippen LogP contribution in [0, 0.1) is 11.7 Å². The minimum atomic E-state index is -0.864. The van der Waals surface area contributed by atoms with Crippen molar-refractivity contribution in [2.24, 2.45) is 5.92 Å². The largest absolute Gasteiger partial charge is 0.350 e. The van der Waals surface area contributed by atoms with Gasteiger partial charge in [0.25, 0.3) is 17.4 Å². The molecule has 36 heavy (non-hydrogen) atoms. The van der Waals surface area contributed by atoms with E-state index in [9.17, 15) is 28.4 Å². The lowest BCUT2D eigenvalue weighted by molar-refractivity contribution is -0.117. The molecule has 0 radical (unpaired) electrons. The lowest BCUT2D eigenvalue weighted by Crippen LogP contribution is -2.42. The molecule has 11 heteroatoms. The van der Waals surface area contributed by atoms with Crippen molar-refractivity contribution in [3.8, 4) is 0 Å². The second-order valence-corrected chi connectivity index (χ2v) is 8.34. The molecule has 2 aromatic carbocycles. The summed E-state index contributed by atoms with van der Waals surface area (Å²) in [5.74, 6) is -1.64. The van der Waals surface area contributed by atoms with Gasteiger partial charge in [-0.2, -0.15) is 0 Å². The summed E-state index contributed by atoms with van der Waals surface area (Å²) < 4.78 is 14.7. The number of amides is 3. The number of carbonyl (C=O) groups excluding carboxylic acids is 3. The van der Waals surface area contributed by atoms with E-state index in [0.29, 0.717) is 11.3 Å². The Morgan fingerprint density at radius 1 is 0.944 bits per heavy atom. The van der Waals surface area contributed by atoms with Crippen molar-refractivity contribution < 1.29 is 18.8 Å². The van der Waals surface area contributed by atoms with E-state index in [0.717, 1.165) is 23.6 Å². The van der Waals surface area contributed by atoms with E-state index in [1.54, 1.807) is 30.3 Å². The SMILES string of the molecule is O=C(NCCNC(=O)c1c[nH]c(=O)n(Cc2ccccc2F)c1=O)c1ccc(NC(=O)C2CC2)cc1. The fourth-order valence-electron chi connectivity index (χ4n) is 3.46. The molecule has 1 heterocycles. The summed E-state index contributed by atoms with van der Waals surface area (Å²) in [7, 11) is 0. The molecule has 4 N–H and O–H groups in total. The maximum atomic E-state index is 13.9. The molecule has 1 saturated carbocycles. The van der Waals surface area contributed by atoms with Crippen LogP contribution in [0.2, 0.25) is 0 Å². The first-order chi connectivity index (χ1) is 17.3. The smallest absolute Gasteiger partial charge is 0.328 e. The highest BCUT2D eigenvalue weighted by Crippen LogP contribution is 2.30. The highest BCUT2D eigenvalue weighted by molar-refractivity contribution is 5.97. The van der Waals surface area contributed by atoms with Crippen LogP contribution >= 0.6 is 0 Å². The van der Waals surface area contributed by atoms with Crippen molar-refractivity contribution in [1.29, 1.82) is 0 Å².